The highest BCUT2D eigenvalue weighted by Crippen LogP contribution is 2.02. The smallest absolute Gasteiger partial charge is 0.191 e. The first-order chi connectivity index (χ1) is 9.76. The second kappa shape index (κ2) is 10.2. The summed E-state index contributed by atoms with van der Waals surface area (Å²) in [4.78, 5) is 8.39. The van der Waals surface area contributed by atoms with Crippen LogP contribution >= 0.6 is 0 Å². The summed E-state index contributed by atoms with van der Waals surface area (Å²) in [5.41, 5.74) is 1.24. The molecule has 0 bridgehead atoms. The molecule has 2 N–H and O–H groups in total. The maximum absolute atomic E-state index is 4.27. The Morgan fingerprint density at radius 3 is 2.90 bits per heavy atom. The van der Waals surface area contributed by atoms with Crippen LogP contribution in [0, 0.1) is 0 Å². The van der Waals surface area contributed by atoms with Crippen LogP contribution in [-0.4, -0.2) is 30.6 Å². The quantitative estimate of drug-likeness (QED) is 0.436. The van der Waals surface area contributed by atoms with Crippen LogP contribution in [-0.2, 0) is 6.42 Å². The minimum atomic E-state index is 0.464. The molecule has 1 heterocycles. The summed E-state index contributed by atoms with van der Waals surface area (Å²) in [6.45, 7) is 5.31. The van der Waals surface area contributed by atoms with Gasteiger partial charge in [0, 0.05) is 32.0 Å². The molecule has 1 rings (SSSR count). The maximum Gasteiger partial charge on any atom is 0.191 e. The van der Waals surface area contributed by atoms with Gasteiger partial charge in [-0.2, -0.15) is 0 Å². The molecule has 0 aromatic carbocycles. The monoisotopic (exact) mass is 276 g/mol. The molecule has 112 valence electrons. The van der Waals surface area contributed by atoms with Crippen LogP contribution in [0.1, 0.15) is 45.1 Å². The Balaban J connectivity index is 2.22. The number of hydrogen-bond donors (Lipinski definition) is 2. The summed E-state index contributed by atoms with van der Waals surface area (Å²) in [5.74, 6) is 0.887. The molecule has 1 atom stereocenters. The first kappa shape index (κ1) is 16.5. The fraction of sp³-hybridized carbons (Fsp3) is 0.625. The van der Waals surface area contributed by atoms with E-state index >= 15 is 0 Å². The van der Waals surface area contributed by atoms with Gasteiger partial charge in [-0.3, -0.25) is 9.98 Å². The third-order valence-corrected chi connectivity index (χ3v) is 3.28. The van der Waals surface area contributed by atoms with Gasteiger partial charge in [-0.1, -0.05) is 32.3 Å². The minimum Gasteiger partial charge on any atom is -0.356 e. The predicted octanol–water partition coefficient (Wildman–Crippen LogP) is 2.76. The molecular formula is C16H28N4. The zero-order valence-electron chi connectivity index (χ0n) is 13.0. The lowest BCUT2D eigenvalue weighted by Crippen LogP contribution is -2.42. The molecule has 0 fully saturated rings. The van der Waals surface area contributed by atoms with E-state index in [0.29, 0.717) is 6.04 Å². The molecule has 0 amide bonds. The molecule has 0 aliphatic heterocycles. The van der Waals surface area contributed by atoms with E-state index in [1.165, 1.54) is 31.2 Å². The van der Waals surface area contributed by atoms with Crippen molar-refractivity contribution in [1.29, 1.82) is 0 Å². The normalized spacial score (nSPS) is 13.1. The summed E-state index contributed by atoms with van der Waals surface area (Å²) in [6.07, 6.45) is 9.71. The predicted molar refractivity (Wildman–Crippen MR) is 86.0 cm³/mol. The standard InChI is InChI=1S/C16H28N4/c1-4-5-6-8-14(2)20-16(17-3)19-12-10-15-9-7-11-18-13-15/h7,9,11,13-14H,4-6,8,10,12H2,1-3H3,(H2,17,19,20). The highest BCUT2D eigenvalue weighted by molar-refractivity contribution is 5.79. The lowest BCUT2D eigenvalue weighted by molar-refractivity contribution is 0.547. The molecular weight excluding hydrogens is 248 g/mol. The van der Waals surface area contributed by atoms with Gasteiger partial charge < -0.3 is 10.6 Å². The second-order valence-electron chi connectivity index (χ2n) is 5.15. The van der Waals surface area contributed by atoms with Gasteiger partial charge in [0.2, 0.25) is 0 Å². The fourth-order valence-corrected chi connectivity index (χ4v) is 2.07. The Morgan fingerprint density at radius 2 is 2.25 bits per heavy atom. The number of aromatic nitrogens is 1. The highest BCUT2D eigenvalue weighted by atomic mass is 15.2. The number of guanidine groups is 1. The molecule has 0 saturated carbocycles. The van der Waals surface area contributed by atoms with Gasteiger partial charge in [-0.25, -0.2) is 0 Å². The number of pyridine rings is 1. The number of nitrogens with zero attached hydrogens (tertiary/aromatic N) is 2. The van der Waals surface area contributed by atoms with E-state index < -0.39 is 0 Å². The number of aliphatic imine (C=N–C) groups is 1. The van der Waals surface area contributed by atoms with Crippen molar-refractivity contribution in [2.45, 2.75) is 52.0 Å². The van der Waals surface area contributed by atoms with Crippen LogP contribution in [0.4, 0.5) is 0 Å². The molecule has 0 aliphatic carbocycles. The van der Waals surface area contributed by atoms with E-state index in [1.54, 1.807) is 6.20 Å². The number of hydrogen-bond acceptors (Lipinski definition) is 2. The minimum absolute atomic E-state index is 0.464. The maximum atomic E-state index is 4.27. The van der Waals surface area contributed by atoms with Gasteiger partial charge in [0.1, 0.15) is 0 Å². The van der Waals surface area contributed by atoms with Crippen molar-refractivity contribution in [1.82, 2.24) is 15.6 Å². The summed E-state index contributed by atoms with van der Waals surface area (Å²) >= 11 is 0. The Bertz CT molecular complexity index is 375. The molecule has 1 aromatic rings. The van der Waals surface area contributed by atoms with Crippen molar-refractivity contribution in [2.24, 2.45) is 4.99 Å². The summed E-state index contributed by atoms with van der Waals surface area (Å²) < 4.78 is 0. The van der Waals surface area contributed by atoms with Gasteiger partial charge in [0.15, 0.2) is 5.96 Å². The van der Waals surface area contributed by atoms with Crippen molar-refractivity contribution in [3.63, 3.8) is 0 Å². The van der Waals surface area contributed by atoms with Crippen LogP contribution < -0.4 is 10.6 Å². The molecule has 0 saturated heterocycles. The van der Waals surface area contributed by atoms with Gasteiger partial charge in [0.25, 0.3) is 0 Å². The lowest BCUT2D eigenvalue weighted by Gasteiger charge is -2.17. The molecule has 1 unspecified atom stereocenters. The zero-order valence-corrected chi connectivity index (χ0v) is 13.0. The molecule has 0 radical (unpaired) electrons. The van der Waals surface area contributed by atoms with E-state index in [0.717, 1.165) is 18.9 Å². The average Bonchev–Trinajstić information content (AvgIpc) is 2.47. The number of rotatable bonds is 8. The molecule has 20 heavy (non-hydrogen) atoms. The summed E-state index contributed by atoms with van der Waals surface area (Å²) in [7, 11) is 1.82. The third kappa shape index (κ3) is 7.12. The van der Waals surface area contributed by atoms with Crippen LogP contribution in [0.3, 0.4) is 0 Å². The van der Waals surface area contributed by atoms with E-state index in [-0.39, 0.29) is 0 Å². The van der Waals surface area contributed by atoms with Crippen LogP contribution in [0.5, 0.6) is 0 Å². The summed E-state index contributed by atoms with van der Waals surface area (Å²) in [6, 6.07) is 4.53. The molecule has 0 aliphatic rings. The van der Waals surface area contributed by atoms with Gasteiger partial charge in [-0.15, -0.1) is 0 Å². The topological polar surface area (TPSA) is 49.3 Å². The first-order valence-electron chi connectivity index (χ1n) is 7.62. The van der Waals surface area contributed by atoms with Crippen molar-refractivity contribution in [3.8, 4) is 0 Å². The van der Waals surface area contributed by atoms with E-state index in [4.69, 9.17) is 0 Å². The first-order valence-corrected chi connectivity index (χ1v) is 7.62. The fourth-order valence-electron chi connectivity index (χ4n) is 2.07. The summed E-state index contributed by atoms with van der Waals surface area (Å²) in [5, 5.41) is 6.79. The third-order valence-electron chi connectivity index (χ3n) is 3.28. The molecule has 4 heteroatoms. The largest absolute Gasteiger partial charge is 0.356 e. The SMILES string of the molecule is CCCCCC(C)NC(=NC)NCCc1cccnc1. The zero-order chi connectivity index (χ0) is 14.6. The number of nitrogens with one attached hydrogen (secondary N) is 2. The van der Waals surface area contributed by atoms with Crippen molar-refractivity contribution < 1.29 is 0 Å². The highest BCUT2D eigenvalue weighted by Gasteiger charge is 2.04. The van der Waals surface area contributed by atoms with Gasteiger partial charge >= 0.3 is 0 Å². The van der Waals surface area contributed by atoms with Crippen LogP contribution in [0.15, 0.2) is 29.5 Å². The van der Waals surface area contributed by atoms with Crippen molar-refractivity contribution >= 4 is 5.96 Å². The van der Waals surface area contributed by atoms with Crippen LogP contribution in [0.2, 0.25) is 0 Å². The molecule has 1 aromatic heterocycles. The Hall–Kier alpha value is -1.58. The Kier molecular flexibility index (Phi) is 8.43. The molecule has 4 nitrogen and oxygen atoms in total. The van der Waals surface area contributed by atoms with E-state index in [1.807, 2.05) is 19.3 Å². The molecule has 0 spiro atoms. The Morgan fingerprint density at radius 1 is 1.40 bits per heavy atom. The van der Waals surface area contributed by atoms with E-state index in [9.17, 15) is 0 Å². The van der Waals surface area contributed by atoms with Crippen molar-refractivity contribution in [3.05, 3.63) is 30.1 Å². The number of unbranched alkanes of at least 4 members (excludes halogenated alkanes) is 2. The second-order valence-corrected chi connectivity index (χ2v) is 5.15. The van der Waals surface area contributed by atoms with Crippen LogP contribution in [0.25, 0.3) is 0 Å². The van der Waals surface area contributed by atoms with Gasteiger partial charge in [-0.05, 0) is 31.4 Å². The van der Waals surface area contributed by atoms with E-state index in [2.05, 4.69) is 40.5 Å². The Labute approximate surface area is 123 Å². The average molecular weight is 276 g/mol. The lowest BCUT2D eigenvalue weighted by atomic mass is 10.1. The van der Waals surface area contributed by atoms with Gasteiger partial charge in [0.05, 0.1) is 0 Å². The van der Waals surface area contributed by atoms with Crippen molar-refractivity contribution in [2.75, 3.05) is 13.6 Å².